The molecular formula is C109H112N10O3S2. The lowest BCUT2D eigenvalue weighted by Crippen LogP contribution is -1.93. The molecule has 0 amide bonds. The van der Waals surface area contributed by atoms with E-state index in [1.165, 1.54) is 25.6 Å². The molecule has 0 saturated heterocycles. The number of para-hydroxylation sites is 2. The number of rotatable bonds is 5. The molecule has 124 heavy (non-hydrogen) atoms. The molecule has 0 saturated carbocycles. The van der Waals surface area contributed by atoms with E-state index in [4.69, 9.17) is 28.2 Å². The maximum atomic E-state index is 5.93. The van der Waals surface area contributed by atoms with E-state index in [9.17, 15) is 0 Å². The highest BCUT2D eigenvalue weighted by Crippen LogP contribution is 2.38. The van der Waals surface area contributed by atoms with E-state index >= 15 is 0 Å². The fourth-order valence-corrected chi connectivity index (χ4v) is 14.0. The van der Waals surface area contributed by atoms with E-state index in [-0.39, 0.29) is 0 Å². The van der Waals surface area contributed by atoms with Crippen molar-refractivity contribution in [3.05, 3.63) is 316 Å². The molecule has 21 aromatic rings. The van der Waals surface area contributed by atoms with Crippen molar-refractivity contribution in [2.75, 3.05) is 0 Å². The number of aromatic nitrogens is 10. The fraction of sp³-hybridized carbons (Fsp3) is 0.229. The van der Waals surface area contributed by atoms with Crippen LogP contribution >= 0.6 is 22.7 Å². The van der Waals surface area contributed by atoms with Crippen LogP contribution in [0.3, 0.4) is 0 Å². The summed E-state index contributed by atoms with van der Waals surface area (Å²) < 4.78 is 19.9. The molecule has 0 spiro atoms. The number of hydrogen-bond donors (Lipinski definition) is 0. The molecule has 0 aliphatic carbocycles. The van der Waals surface area contributed by atoms with Gasteiger partial charge in [-0.25, -0.2) is 44.9 Å². The summed E-state index contributed by atoms with van der Waals surface area (Å²) in [5.74, 6) is 2.19. The minimum absolute atomic E-state index is 0.500. The van der Waals surface area contributed by atoms with Gasteiger partial charge in [-0.2, -0.15) is 4.98 Å². The van der Waals surface area contributed by atoms with Gasteiger partial charge in [0.25, 0.3) is 0 Å². The first-order chi connectivity index (χ1) is 59.1. The monoisotopic (exact) mass is 1670 g/mol. The summed E-state index contributed by atoms with van der Waals surface area (Å²) in [5.41, 5.74) is 16.6. The highest BCUT2D eigenvalue weighted by atomic mass is 32.1. The lowest BCUT2D eigenvalue weighted by molar-refractivity contribution is 0.469. The van der Waals surface area contributed by atoms with Gasteiger partial charge >= 0.3 is 0 Å². The molecule has 0 fully saturated rings. The first kappa shape index (κ1) is 90.2. The fourth-order valence-electron chi connectivity index (χ4n) is 12.0. The molecule has 0 radical (unpaired) electrons. The van der Waals surface area contributed by atoms with Crippen LogP contribution in [-0.2, 0) is 0 Å². The third-order valence-corrected chi connectivity index (χ3v) is 18.9. The molecule has 10 heterocycles. The number of thiophene rings is 2. The molecule has 0 atom stereocenters. The molecular weight excluding hydrogens is 1560 g/mol. The Balaban J connectivity index is 0.000000132. The molecule has 21 rings (SSSR count). The maximum absolute atomic E-state index is 5.93. The van der Waals surface area contributed by atoms with E-state index in [0.717, 1.165) is 126 Å². The van der Waals surface area contributed by atoms with Gasteiger partial charge in [0.15, 0.2) is 23.1 Å². The molecule has 0 aliphatic heterocycles. The summed E-state index contributed by atoms with van der Waals surface area (Å²) in [6, 6.07) is 95.0. The topological polar surface area (TPSA) is 168 Å². The zero-order valence-electron chi connectivity index (χ0n) is 75.0. The first-order valence-electron chi connectivity index (χ1n) is 42.0. The van der Waals surface area contributed by atoms with Crippen molar-refractivity contribution in [1.82, 2.24) is 49.8 Å². The molecule has 0 unspecified atom stereocenters. The van der Waals surface area contributed by atoms with E-state index in [2.05, 4.69) is 246 Å². The van der Waals surface area contributed by atoms with Crippen LogP contribution < -0.4 is 0 Å². The minimum Gasteiger partial charge on any atom is -0.453 e. The average molecular weight is 1670 g/mol. The summed E-state index contributed by atoms with van der Waals surface area (Å²) in [4.78, 5) is 47.8. The number of fused-ring (bicyclic) bond motifs is 17. The standard InChI is InChI=1S/C20H12N2O.2C16H10N2O.2C16H10N2S.5C5H12/c1-2-7-14(8-3-1)20-21-12-17-19(22-20)18-15-9-5-4-6-13(15)10-11-16(18)23-17;1-2-6-11(7-3-1)15-17-10-13-12-8-4-5-9-14(12)19-16(13)18-15;1-2-6-11(7-3-1)13-10-17-16-15(18-13)12-8-4-5-9-14(12)19-16;1-2-6-11(7-3-1)15-17-10-13-12-8-4-5-9-14(12)19-16(13)18-15;1-2-6-11(7-3-1)13-10-17-16-15(18-13)12-8-4-5-9-14(12)19-16;5*1-5(2,3)4/h1-12H;4*1-10H;5*1-4H3. The third-order valence-electron chi connectivity index (χ3n) is 16.8. The Bertz CT molecular complexity index is 6600. The Morgan fingerprint density at radius 3 is 1.11 bits per heavy atom. The number of furan rings is 3. The van der Waals surface area contributed by atoms with Crippen molar-refractivity contribution >= 4 is 141 Å². The van der Waals surface area contributed by atoms with Crippen molar-refractivity contribution in [1.29, 1.82) is 0 Å². The number of benzene rings is 11. The molecule has 0 N–H and O–H groups in total. The first-order valence-corrected chi connectivity index (χ1v) is 43.6. The van der Waals surface area contributed by atoms with Crippen LogP contribution in [-0.4, -0.2) is 49.8 Å². The Kier molecular flexibility index (Phi) is 29.3. The van der Waals surface area contributed by atoms with Gasteiger partial charge in [0, 0.05) is 76.5 Å². The second-order valence-electron chi connectivity index (χ2n) is 38.0. The van der Waals surface area contributed by atoms with Gasteiger partial charge in [0.05, 0.1) is 40.8 Å². The van der Waals surface area contributed by atoms with Gasteiger partial charge in [0.2, 0.25) is 11.4 Å². The Hall–Kier alpha value is -13.1. The van der Waals surface area contributed by atoms with Gasteiger partial charge in [-0.15, -0.1) is 22.7 Å². The van der Waals surface area contributed by atoms with Crippen LogP contribution in [0.1, 0.15) is 138 Å². The van der Waals surface area contributed by atoms with Crippen molar-refractivity contribution < 1.29 is 13.3 Å². The Labute approximate surface area is 736 Å². The summed E-state index contributed by atoms with van der Waals surface area (Å²) >= 11 is 3.41. The van der Waals surface area contributed by atoms with Crippen LogP contribution in [0.15, 0.2) is 329 Å². The summed E-state index contributed by atoms with van der Waals surface area (Å²) in [6.45, 7) is 43.8. The Morgan fingerprint density at radius 1 is 0.218 bits per heavy atom. The van der Waals surface area contributed by atoms with E-state index in [1.54, 1.807) is 35.1 Å². The smallest absolute Gasteiger partial charge is 0.246 e. The molecule has 0 aliphatic rings. The second kappa shape index (κ2) is 40.3. The van der Waals surface area contributed by atoms with E-state index in [0.29, 0.717) is 50.2 Å². The quantitative estimate of drug-likeness (QED) is 0.160. The zero-order chi connectivity index (χ0) is 88.4. The van der Waals surface area contributed by atoms with Gasteiger partial charge in [-0.3, -0.25) is 0 Å². The third kappa shape index (κ3) is 26.2. The SMILES string of the molecule is CC(C)(C)C.CC(C)(C)C.CC(C)(C)C.CC(C)(C)C.CC(C)(C)C.c1ccc(-c2cnc3oc4ccccc4c3n2)cc1.c1ccc(-c2cnc3sc4ccccc4c3n2)cc1.c1ccc(-c2ncc3c(n2)oc2ccccc23)cc1.c1ccc(-c2ncc3c(n2)sc2ccccc23)cc1.c1ccc(-c2ncc3oc4ccc5ccccc5c4c3n2)cc1. The largest absolute Gasteiger partial charge is 0.453 e. The van der Waals surface area contributed by atoms with Crippen LogP contribution in [0.5, 0.6) is 0 Å². The average Bonchev–Trinajstić information content (AvgIpc) is 2.16. The number of hydrogen-bond acceptors (Lipinski definition) is 15. The predicted molar refractivity (Wildman–Crippen MR) is 528 cm³/mol. The number of nitrogens with zero attached hydrogens (tertiary/aromatic N) is 10. The van der Waals surface area contributed by atoms with Crippen molar-refractivity contribution in [3.8, 4) is 56.7 Å². The normalized spacial score (nSPS) is 11.4. The van der Waals surface area contributed by atoms with Crippen LogP contribution in [0.25, 0.3) is 175 Å². The van der Waals surface area contributed by atoms with Crippen molar-refractivity contribution in [3.63, 3.8) is 0 Å². The lowest BCUT2D eigenvalue weighted by atomic mass is 10.0. The van der Waals surface area contributed by atoms with E-state index in [1.807, 2.05) is 231 Å². The highest BCUT2D eigenvalue weighted by Gasteiger charge is 2.17. The molecule has 13 nitrogen and oxygen atoms in total. The summed E-state index contributed by atoms with van der Waals surface area (Å²) in [6.07, 6.45) is 9.13. The van der Waals surface area contributed by atoms with Gasteiger partial charge in [-0.1, -0.05) is 387 Å². The van der Waals surface area contributed by atoms with Gasteiger partial charge in [0.1, 0.15) is 43.0 Å². The predicted octanol–water partition coefficient (Wildman–Crippen LogP) is 32.6. The highest BCUT2D eigenvalue weighted by molar-refractivity contribution is 7.25. The van der Waals surface area contributed by atoms with Crippen molar-refractivity contribution in [2.45, 2.75) is 138 Å². The summed E-state index contributed by atoms with van der Waals surface area (Å²) in [5, 5.41) is 9.96. The second-order valence-corrected chi connectivity index (χ2v) is 40.1. The minimum atomic E-state index is 0.500. The van der Waals surface area contributed by atoms with Crippen LogP contribution in [0.2, 0.25) is 0 Å². The lowest BCUT2D eigenvalue weighted by Gasteiger charge is -2.05. The molecule has 11 aromatic carbocycles. The Morgan fingerprint density at radius 2 is 0.589 bits per heavy atom. The summed E-state index contributed by atoms with van der Waals surface area (Å²) in [7, 11) is 0. The molecule has 15 heteroatoms. The van der Waals surface area contributed by atoms with Gasteiger partial charge < -0.3 is 13.3 Å². The maximum Gasteiger partial charge on any atom is 0.246 e. The van der Waals surface area contributed by atoms with E-state index < -0.39 is 0 Å². The van der Waals surface area contributed by atoms with Crippen LogP contribution in [0, 0.1) is 27.1 Å². The molecule has 0 bridgehead atoms. The van der Waals surface area contributed by atoms with Crippen molar-refractivity contribution in [2.24, 2.45) is 27.1 Å². The molecule has 628 valence electrons. The van der Waals surface area contributed by atoms with Crippen LogP contribution in [0.4, 0.5) is 0 Å². The van der Waals surface area contributed by atoms with Gasteiger partial charge in [-0.05, 0) is 74.2 Å². The zero-order valence-corrected chi connectivity index (χ0v) is 76.7. The molecule has 10 aromatic heterocycles.